The minimum Gasteiger partial charge on any atom is -0.347 e. The smallest absolute Gasteiger partial charge is 0.272 e. The number of rotatable bonds is 4. The van der Waals surface area contributed by atoms with Gasteiger partial charge in [0.05, 0.1) is 0 Å². The second-order valence-corrected chi connectivity index (χ2v) is 6.62. The van der Waals surface area contributed by atoms with Gasteiger partial charge in [0.2, 0.25) is 0 Å². The van der Waals surface area contributed by atoms with Gasteiger partial charge in [0, 0.05) is 49.2 Å². The highest BCUT2D eigenvalue weighted by molar-refractivity contribution is 5.94. The van der Waals surface area contributed by atoms with Crippen LogP contribution in [-0.2, 0) is 19.5 Å². The zero-order valence-corrected chi connectivity index (χ0v) is 16.2. The molecule has 8 heteroatoms. The van der Waals surface area contributed by atoms with Crippen LogP contribution < -0.4 is 10.6 Å². The van der Waals surface area contributed by atoms with Crippen molar-refractivity contribution >= 4 is 18.3 Å². The van der Waals surface area contributed by atoms with E-state index >= 15 is 0 Å². The van der Waals surface area contributed by atoms with E-state index < -0.39 is 0 Å². The normalized spacial score (nSPS) is 12.8. The molecule has 28 heavy (non-hydrogen) atoms. The molecule has 2 aromatic heterocycles. The number of amides is 1. The lowest BCUT2D eigenvalue weighted by atomic mass is 10.1. The van der Waals surface area contributed by atoms with Gasteiger partial charge < -0.3 is 15.6 Å². The van der Waals surface area contributed by atoms with Crippen molar-refractivity contribution in [3.63, 3.8) is 0 Å². The van der Waals surface area contributed by atoms with Crippen molar-refractivity contribution in [2.24, 2.45) is 0 Å². The van der Waals surface area contributed by atoms with Crippen molar-refractivity contribution in [2.75, 3.05) is 6.54 Å². The molecule has 0 saturated carbocycles. The first-order chi connectivity index (χ1) is 13.1. The van der Waals surface area contributed by atoms with Crippen molar-refractivity contribution in [2.45, 2.75) is 26.4 Å². The van der Waals surface area contributed by atoms with Gasteiger partial charge in [0.1, 0.15) is 17.3 Å². The molecule has 0 radical (unpaired) electrons. The third-order valence-electron chi connectivity index (χ3n) is 4.64. The Hall–Kier alpha value is -2.77. The van der Waals surface area contributed by atoms with Crippen LogP contribution in [0.25, 0.3) is 11.4 Å². The molecule has 0 bridgehead atoms. The molecular weight excluding hydrogens is 381 g/mol. The Kier molecular flexibility index (Phi) is 6.06. The number of hydrogen-bond acceptors (Lipinski definition) is 4. The van der Waals surface area contributed by atoms with E-state index in [1.165, 1.54) is 17.7 Å². The number of benzene rings is 1. The lowest BCUT2D eigenvalue weighted by Crippen LogP contribution is -2.26. The SMILES string of the molecule is Cc1[nH]c(-c2ccc(F)cc2)nc1C(=O)NCc1cnc2c(c1)CNCC2.Cl. The van der Waals surface area contributed by atoms with E-state index in [0.717, 1.165) is 36.3 Å². The molecule has 4 rings (SSSR count). The van der Waals surface area contributed by atoms with E-state index in [4.69, 9.17) is 0 Å². The number of imidazole rings is 1. The first kappa shape index (κ1) is 20.0. The second-order valence-electron chi connectivity index (χ2n) is 6.62. The van der Waals surface area contributed by atoms with Gasteiger partial charge >= 0.3 is 0 Å². The molecule has 0 aliphatic carbocycles. The monoisotopic (exact) mass is 401 g/mol. The Morgan fingerprint density at radius 1 is 1.29 bits per heavy atom. The maximum absolute atomic E-state index is 13.1. The lowest BCUT2D eigenvalue weighted by Gasteiger charge is -2.16. The highest BCUT2D eigenvalue weighted by Gasteiger charge is 2.16. The summed E-state index contributed by atoms with van der Waals surface area (Å²) in [5, 5.41) is 6.22. The van der Waals surface area contributed by atoms with Crippen molar-refractivity contribution < 1.29 is 9.18 Å². The number of nitrogens with zero attached hydrogens (tertiary/aromatic N) is 2. The fourth-order valence-corrected chi connectivity index (χ4v) is 3.18. The zero-order valence-electron chi connectivity index (χ0n) is 15.4. The highest BCUT2D eigenvalue weighted by atomic mass is 35.5. The van der Waals surface area contributed by atoms with Gasteiger partial charge in [-0.1, -0.05) is 0 Å². The quantitative estimate of drug-likeness (QED) is 0.627. The number of carbonyl (C=O) groups excluding carboxylic acids is 1. The molecule has 1 aliphatic heterocycles. The van der Waals surface area contributed by atoms with Crippen molar-refractivity contribution in [1.82, 2.24) is 25.6 Å². The van der Waals surface area contributed by atoms with Crippen molar-refractivity contribution in [3.8, 4) is 11.4 Å². The standard InChI is InChI=1S/C20H20FN5O.ClH/c1-12-18(26-19(25-12)14-2-4-16(21)5-3-14)20(27)24-10-13-8-15-11-22-7-6-17(15)23-9-13;/h2-5,8-9,22H,6-7,10-11H2,1H3,(H,24,27)(H,25,26);1H. The summed E-state index contributed by atoms with van der Waals surface area (Å²) in [6.45, 7) is 3.94. The van der Waals surface area contributed by atoms with Gasteiger partial charge in [-0.05, 0) is 48.4 Å². The predicted molar refractivity (Wildman–Crippen MR) is 107 cm³/mol. The third-order valence-corrected chi connectivity index (χ3v) is 4.64. The number of aromatic nitrogens is 3. The van der Waals surface area contributed by atoms with E-state index in [-0.39, 0.29) is 24.1 Å². The number of aromatic amines is 1. The van der Waals surface area contributed by atoms with Crippen LogP contribution in [0.15, 0.2) is 36.5 Å². The Morgan fingerprint density at radius 3 is 2.86 bits per heavy atom. The Bertz CT molecular complexity index is 987. The molecule has 0 unspecified atom stereocenters. The number of hydrogen-bond donors (Lipinski definition) is 3. The predicted octanol–water partition coefficient (Wildman–Crippen LogP) is 2.92. The molecule has 146 valence electrons. The van der Waals surface area contributed by atoms with Crippen LogP contribution in [0.4, 0.5) is 4.39 Å². The second kappa shape index (κ2) is 8.50. The minimum atomic E-state index is -0.311. The average Bonchev–Trinajstić information content (AvgIpc) is 3.08. The maximum atomic E-state index is 13.1. The van der Waals surface area contributed by atoms with Crippen molar-refractivity contribution in [3.05, 3.63) is 70.6 Å². The van der Waals surface area contributed by atoms with E-state index in [0.29, 0.717) is 23.8 Å². The fourth-order valence-electron chi connectivity index (χ4n) is 3.18. The maximum Gasteiger partial charge on any atom is 0.272 e. The molecule has 0 saturated heterocycles. The van der Waals surface area contributed by atoms with E-state index in [1.54, 1.807) is 19.1 Å². The summed E-state index contributed by atoms with van der Waals surface area (Å²) >= 11 is 0. The van der Waals surface area contributed by atoms with Gasteiger partial charge in [0.15, 0.2) is 0 Å². The fraction of sp³-hybridized carbons (Fsp3) is 0.250. The van der Waals surface area contributed by atoms with Crippen LogP contribution in [0.2, 0.25) is 0 Å². The van der Waals surface area contributed by atoms with Crippen LogP contribution in [0.3, 0.4) is 0 Å². The van der Waals surface area contributed by atoms with E-state index in [1.807, 2.05) is 6.20 Å². The largest absolute Gasteiger partial charge is 0.347 e. The Labute approximate surface area is 168 Å². The van der Waals surface area contributed by atoms with E-state index in [9.17, 15) is 9.18 Å². The number of carbonyl (C=O) groups is 1. The molecule has 6 nitrogen and oxygen atoms in total. The molecule has 0 atom stereocenters. The summed E-state index contributed by atoms with van der Waals surface area (Å²) < 4.78 is 13.1. The summed E-state index contributed by atoms with van der Waals surface area (Å²) in [6, 6.07) is 8.07. The van der Waals surface area contributed by atoms with Crippen LogP contribution in [-0.4, -0.2) is 27.4 Å². The summed E-state index contributed by atoms with van der Waals surface area (Å²) in [6.07, 6.45) is 2.74. The zero-order chi connectivity index (χ0) is 18.8. The van der Waals surface area contributed by atoms with Crippen LogP contribution in [0, 0.1) is 12.7 Å². The molecule has 3 heterocycles. The minimum absolute atomic E-state index is 0. The number of nitrogens with one attached hydrogen (secondary N) is 3. The molecule has 1 aliphatic rings. The molecule has 1 aromatic carbocycles. The van der Waals surface area contributed by atoms with Gasteiger partial charge in [-0.25, -0.2) is 9.37 Å². The molecule has 0 spiro atoms. The molecule has 3 aromatic rings. The molecular formula is C20H21ClFN5O. The summed E-state index contributed by atoms with van der Waals surface area (Å²) in [5.74, 6) is -0.0269. The first-order valence-corrected chi connectivity index (χ1v) is 8.88. The number of fused-ring (bicyclic) bond motifs is 1. The van der Waals surface area contributed by atoms with Crippen LogP contribution in [0.1, 0.15) is 33.0 Å². The number of H-pyrrole nitrogens is 1. The lowest BCUT2D eigenvalue weighted by molar-refractivity contribution is 0.0946. The van der Waals surface area contributed by atoms with Crippen LogP contribution >= 0.6 is 12.4 Å². The Balaban J connectivity index is 0.00000225. The first-order valence-electron chi connectivity index (χ1n) is 8.88. The molecule has 0 fully saturated rings. The number of pyridine rings is 1. The van der Waals surface area contributed by atoms with Gasteiger partial charge in [0.25, 0.3) is 5.91 Å². The molecule has 3 N–H and O–H groups in total. The highest BCUT2D eigenvalue weighted by Crippen LogP contribution is 2.19. The van der Waals surface area contributed by atoms with E-state index in [2.05, 4.69) is 31.7 Å². The van der Waals surface area contributed by atoms with Crippen molar-refractivity contribution in [1.29, 1.82) is 0 Å². The summed E-state index contributed by atoms with van der Waals surface area (Å²) in [4.78, 5) is 24.5. The molecule has 1 amide bonds. The topological polar surface area (TPSA) is 82.7 Å². The number of aryl methyl sites for hydroxylation is 1. The van der Waals surface area contributed by atoms with Gasteiger partial charge in [-0.15, -0.1) is 12.4 Å². The number of halogens is 2. The summed E-state index contributed by atoms with van der Waals surface area (Å²) in [7, 11) is 0. The average molecular weight is 402 g/mol. The summed E-state index contributed by atoms with van der Waals surface area (Å²) in [5.41, 5.74) is 4.99. The van der Waals surface area contributed by atoms with Crippen LogP contribution in [0.5, 0.6) is 0 Å². The third kappa shape index (κ3) is 4.21. The Morgan fingerprint density at radius 2 is 2.07 bits per heavy atom. The van der Waals surface area contributed by atoms with Gasteiger partial charge in [-0.2, -0.15) is 0 Å². The van der Waals surface area contributed by atoms with Gasteiger partial charge in [-0.3, -0.25) is 9.78 Å².